The summed E-state index contributed by atoms with van der Waals surface area (Å²) < 4.78 is 1.45. The molecule has 0 saturated heterocycles. The molecule has 0 aliphatic carbocycles. The number of carbonyl (C=O) groups excluding carboxylic acids is 1. The third-order valence-electron chi connectivity index (χ3n) is 4.13. The van der Waals surface area contributed by atoms with E-state index in [1.807, 2.05) is 19.1 Å². The number of benzene rings is 2. The van der Waals surface area contributed by atoms with Gasteiger partial charge in [0.1, 0.15) is 0 Å². The van der Waals surface area contributed by atoms with Crippen LogP contribution >= 0.6 is 23.2 Å². The lowest BCUT2D eigenvalue weighted by molar-refractivity contribution is -0.121. The van der Waals surface area contributed by atoms with Crippen molar-refractivity contribution in [3.05, 3.63) is 74.8 Å². The second kappa shape index (κ2) is 7.89. The largest absolute Gasteiger partial charge is 0.350 e. The molecule has 2 aromatic carbocycles. The molecule has 134 valence electrons. The minimum Gasteiger partial charge on any atom is -0.350 e. The number of para-hydroxylation sites is 1. The highest BCUT2D eigenvalue weighted by atomic mass is 35.5. The minimum absolute atomic E-state index is 0.152. The summed E-state index contributed by atoms with van der Waals surface area (Å²) in [6.07, 6.45) is 1.64. The van der Waals surface area contributed by atoms with Crippen LogP contribution in [0.4, 0.5) is 0 Å². The van der Waals surface area contributed by atoms with Crippen LogP contribution in [0, 0.1) is 0 Å². The van der Waals surface area contributed by atoms with Crippen LogP contribution < -0.4 is 10.9 Å². The summed E-state index contributed by atoms with van der Waals surface area (Å²) in [7, 11) is 0. The highest BCUT2D eigenvalue weighted by molar-refractivity contribution is 6.42. The maximum atomic E-state index is 12.4. The van der Waals surface area contributed by atoms with E-state index in [4.69, 9.17) is 23.2 Å². The first-order valence-corrected chi connectivity index (χ1v) is 8.90. The van der Waals surface area contributed by atoms with Crippen molar-refractivity contribution in [2.75, 3.05) is 0 Å². The van der Waals surface area contributed by atoms with E-state index in [1.54, 1.807) is 30.3 Å². The van der Waals surface area contributed by atoms with Crippen molar-refractivity contribution in [1.82, 2.24) is 14.9 Å². The lowest BCUT2D eigenvalue weighted by Gasteiger charge is -2.15. The Kier molecular flexibility index (Phi) is 5.59. The molecule has 1 amide bonds. The second-order valence-corrected chi connectivity index (χ2v) is 6.79. The summed E-state index contributed by atoms with van der Waals surface area (Å²) in [5.74, 6) is -0.163. The molecule has 7 heteroatoms. The van der Waals surface area contributed by atoms with E-state index >= 15 is 0 Å². The first-order chi connectivity index (χ1) is 12.5. The predicted molar refractivity (Wildman–Crippen MR) is 104 cm³/mol. The molecule has 0 unspecified atom stereocenters. The molecule has 5 nitrogen and oxygen atoms in total. The summed E-state index contributed by atoms with van der Waals surface area (Å²) in [6, 6.07) is 12.2. The molecule has 0 bridgehead atoms. The van der Waals surface area contributed by atoms with Gasteiger partial charge in [0.15, 0.2) is 0 Å². The minimum atomic E-state index is -0.219. The summed E-state index contributed by atoms with van der Waals surface area (Å²) in [5, 5.41) is 4.35. The lowest BCUT2D eigenvalue weighted by atomic mass is 10.1. The number of amides is 1. The standard InChI is InChI=1S/C19H17Cl2N3O2/c1-12(13-6-7-15(20)16(21)10-13)23-18(25)8-9-24-11-22-17-5-3-2-4-14(17)19(24)26/h2-7,10-12H,8-9H2,1H3,(H,23,25)/t12-/m1/s1. The Labute approximate surface area is 160 Å². The van der Waals surface area contributed by atoms with Gasteiger partial charge in [0.05, 0.1) is 33.3 Å². The van der Waals surface area contributed by atoms with Crippen molar-refractivity contribution < 1.29 is 4.79 Å². The van der Waals surface area contributed by atoms with Crippen LogP contribution in [-0.2, 0) is 11.3 Å². The molecule has 26 heavy (non-hydrogen) atoms. The molecule has 3 rings (SSSR count). The summed E-state index contributed by atoms with van der Waals surface area (Å²) in [4.78, 5) is 28.9. The molecule has 0 aliphatic rings. The van der Waals surface area contributed by atoms with E-state index in [0.717, 1.165) is 5.56 Å². The van der Waals surface area contributed by atoms with Crippen molar-refractivity contribution in [3.8, 4) is 0 Å². The lowest BCUT2D eigenvalue weighted by Crippen LogP contribution is -2.29. The van der Waals surface area contributed by atoms with E-state index in [9.17, 15) is 9.59 Å². The van der Waals surface area contributed by atoms with Crippen molar-refractivity contribution >= 4 is 40.0 Å². The third kappa shape index (κ3) is 4.06. The third-order valence-corrected chi connectivity index (χ3v) is 4.87. The quantitative estimate of drug-likeness (QED) is 0.717. The number of nitrogens with zero attached hydrogens (tertiary/aromatic N) is 2. The molecule has 1 heterocycles. The van der Waals surface area contributed by atoms with Crippen molar-refractivity contribution in [2.24, 2.45) is 0 Å². The monoisotopic (exact) mass is 389 g/mol. The fourth-order valence-electron chi connectivity index (χ4n) is 2.67. The van der Waals surface area contributed by atoms with Crippen molar-refractivity contribution in [3.63, 3.8) is 0 Å². The normalized spacial score (nSPS) is 12.1. The summed E-state index contributed by atoms with van der Waals surface area (Å²) in [6.45, 7) is 2.12. The zero-order valence-electron chi connectivity index (χ0n) is 14.1. The highest BCUT2D eigenvalue weighted by Gasteiger charge is 2.12. The number of aryl methyl sites for hydroxylation is 1. The first-order valence-electron chi connectivity index (χ1n) is 8.14. The maximum Gasteiger partial charge on any atom is 0.261 e. The van der Waals surface area contributed by atoms with Crippen LogP contribution in [-0.4, -0.2) is 15.5 Å². The van der Waals surface area contributed by atoms with Gasteiger partial charge in [-0.1, -0.05) is 41.4 Å². The number of fused-ring (bicyclic) bond motifs is 1. The molecule has 0 aliphatic heterocycles. The van der Waals surface area contributed by atoms with Crippen LogP contribution in [0.1, 0.15) is 24.9 Å². The molecule has 0 spiro atoms. The van der Waals surface area contributed by atoms with Gasteiger partial charge in [0.25, 0.3) is 5.56 Å². The van der Waals surface area contributed by atoms with E-state index in [0.29, 0.717) is 20.9 Å². The average Bonchev–Trinajstić information content (AvgIpc) is 2.63. The van der Waals surface area contributed by atoms with E-state index in [2.05, 4.69) is 10.3 Å². The van der Waals surface area contributed by atoms with Crippen molar-refractivity contribution in [2.45, 2.75) is 25.9 Å². The van der Waals surface area contributed by atoms with Crippen LogP contribution in [0.3, 0.4) is 0 Å². The molecular formula is C19H17Cl2N3O2. The van der Waals surface area contributed by atoms with Gasteiger partial charge in [-0.2, -0.15) is 0 Å². The Morgan fingerprint density at radius 1 is 1.19 bits per heavy atom. The molecule has 0 radical (unpaired) electrons. The topological polar surface area (TPSA) is 64.0 Å². The maximum absolute atomic E-state index is 12.4. The number of rotatable bonds is 5. The Hall–Kier alpha value is -2.37. The van der Waals surface area contributed by atoms with Gasteiger partial charge in [0, 0.05) is 13.0 Å². The first kappa shape index (κ1) is 18.4. The molecule has 0 saturated carbocycles. The molecular weight excluding hydrogens is 373 g/mol. The Morgan fingerprint density at radius 3 is 2.73 bits per heavy atom. The molecule has 1 N–H and O–H groups in total. The number of nitrogens with one attached hydrogen (secondary N) is 1. The Bertz CT molecular complexity index is 1020. The summed E-state index contributed by atoms with van der Waals surface area (Å²) >= 11 is 11.9. The number of hydrogen-bond donors (Lipinski definition) is 1. The van der Waals surface area contributed by atoms with Gasteiger partial charge in [-0.3, -0.25) is 14.2 Å². The number of halogens is 2. The van der Waals surface area contributed by atoms with Gasteiger partial charge >= 0.3 is 0 Å². The van der Waals surface area contributed by atoms with Crippen LogP contribution in [0.2, 0.25) is 10.0 Å². The van der Waals surface area contributed by atoms with Gasteiger partial charge in [-0.25, -0.2) is 4.98 Å². The molecule has 1 atom stereocenters. The Balaban J connectivity index is 1.64. The fourth-order valence-corrected chi connectivity index (χ4v) is 2.97. The summed E-state index contributed by atoms with van der Waals surface area (Å²) in [5.41, 5.74) is 1.35. The number of hydrogen-bond acceptors (Lipinski definition) is 3. The molecule has 3 aromatic rings. The molecule has 0 fully saturated rings. The van der Waals surface area contributed by atoms with E-state index < -0.39 is 0 Å². The number of carbonyl (C=O) groups is 1. The van der Waals surface area contributed by atoms with Gasteiger partial charge in [0.2, 0.25) is 5.91 Å². The second-order valence-electron chi connectivity index (χ2n) is 5.97. The van der Waals surface area contributed by atoms with Gasteiger partial charge < -0.3 is 5.32 Å². The fraction of sp³-hybridized carbons (Fsp3) is 0.211. The van der Waals surface area contributed by atoms with Crippen LogP contribution in [0.5, 0.6) is 0 Å². The smallest absolute Gasteiger partial charge is 0.261 e. The van der Waals surface area contributed by atoms with Crippen molar-refractivity contribution in [1.29, 1.82) is 0 Å². The predicted octanol–water partition coefficient (Wildman–Crippen LogP) is 3.97. The van der Waals surface area contributed by atoms with Crippen LogP contribution in [0.15, 0.2) is 53.6 Å². The zero-order valence-corrected chi connectivity index (χ0v) is 15.6. The van der Waals surface area contributed by atoms with Crippen LogP contribution in [0.25, 0.3) is 10.9 Å². The molecule has 1 aromatic heterocycles. The number of aromatic nitrogens is 2. The highest BCUT2D eigenvalue weighted by Crippen LogP contribution is 2.25. The van der Waals surface area contributed by atoms with Gasteiger partial charge in [-0.15, -0.1) is 0 Å². The zero-order chi connectivity index (χ0) is 18.7. The van der Waals surface area contributed by atoms with E-state index in [1.165, 1.54) is 10.9 Å². The Morgan fingerprint density at radius 2 is 1.96 bits per heavy atom. The average molecular weight is 390 g/mol. The van der Waals surface area contributed by atoms with E-state index in [-0.39, 0.29) is 30.5 Å². The van der Waals surface area contributed by atoms with Gasteiger partial charge in [-0.05, 0) is 36.8 Å². The SMILES string of the molecule is C[C@@H](NC(=O)CCn1cnc2ccccc2c1=O)c1ccc(Cl)c(Cl)c1.